The molecule has 1 saturated heterocycles. The van der Waals surface area contributed by atoms with E-state index in [1.165, 1.54) is 23.7 Å². The average Bonchev–Trinajstić information content (AvgIpc) is 3.37. The quantitative estimate of drug-likeness (QED) is 0.777. The lowest BCUT2D eigenvalue weighted by Crippen LogP contribution is -2.30. The van der Waals surface area contributed by atoms with Crippen LogP contribution in [0.15, 0.2) is 6.33 Å². The number of hydrogen-bond donors (Lipinski definition) is 2. The Morgan fingerprint density at radius 1 is 1.41 bits per heavy atom. The van der Waals surface area contributed by atoms with Gasteiger partial charge in [0.25, 0.3) is 0 Å². The molecule has 0 spiro atoms. The molecule has 1 saturated carbocycles. The van der Waals surface area contributed by atoms with Gasteiger partial charge in [-0.3, -0.25) is 4.57 Å². The molecule has 0 aromatic carbocycles. The molecule has 9 nitrogen and oxygen atoms in total. The van der Waals surface area contributed by atoms with E-state index in [0.717, 1.165) is 12.8 Å². The molecular weight excluding hydrogens is 357 g/mol. The molecule has 1 aliphatic heterocycles. The third-order valence-electron chi connectivity index (χ3n) is 5.17. The molecule has 2 aliphatic rings. The van der Waals surface area contributed by atoms with Crippen LogP contribution in [0.2, 0.25) is 0 Å². The van der Waals surface area contributed by atoms with Gasteiger partial charge in [-0.15, -0.1) is 0 Å². The van der Waals surface area contributed by atoms with Gasteiger partial charge in [0.1, 0.15) is 25.4 Å². The van der Waals surface area contributed by atoms with Gasteiger partial charge >= 0.3 is 0 Å². The molecule has 2 N–H and O–H groups in total. The number of halogens is 1. The summed E-state index contributed by atoms with van der Waals surface area (Å²) in [5.41, 5.74) is 0.876. The number of nitrogens with zero attached hydrogens (tertiary/aromatic N) is 4. The molecule has 2 aromatic rings. The van der Waals surface area contributed by atoms with Crippen LogP contribution < -0.4 is 5.32 Å². The van der Waals surface area contributed by atoms with Crippen LogP contribution in [0, 0.1) is 0 Å². The topological polar surface area (TPSA) is 114 Å². The van der Waals surface area contributed by atoms with E-state index in [2.05, 4.69) is 20.3 Å². The van der Waals surface area contributed by atoms with Crippen LogP contribution in [-0.2, 0) is 21.2 Å². The van der Waals surface area contributed by atoms with Crippen molar-refractivity contribution in [3.63, 3.8) is 0 Å². The number of hydrogen-bond acceptors (Lipinski definition) is 7. The summed E-state index contributed by atoms with van der Waals surface area (Å²) in [6.45, 7) is -0.528. The van der Waals surface area contributed by atoms with Crippen LogP contribution in [-0.4, -0.2) is 62.8 Å². The fraction of sp³-hybridized carbons (Fsp3) is 0.706. The monoisotopic (exact) mass is 380 g/mol. The van der Waals surface area contributed by atoms with Crippen LogP contribution in [0.3, 0.4) is 0 Å². The van der Waals surface area contributed by atoms with Crippen molar-refractivity contribution in [1.29, 1.82) is 0 Å². The van der Waals surface area contributed by atoms with Crippen molar-refractivity contribution < 1.29 is 24.1 Å². The highest BCUT2D eigenvalue weighted by Gasteiger charge is 2.45. The van der Waals surface area contributed by atoms with Crippen molar-refractivity contribution in [2.75, 3.05) is 19.0 Å². The van der Waals surface area contributed by atoms with E-state index in [4.69, 9.17) is 9.47 Å². The van der Waals surface area contributed by atoms with E-state index in [9.17, 15) is 14.6 Å². The van der Waals surface area contributed by atoms with E-state index in [1.807, 2.05) is 0 Å². The zero-order valence-corrected chi connectivity index (χ0v) is 15.0. The Labute approximate surface area is 155 Å². The largest absolute Gasteiger partial charge is 0.387 e. The van der Waals surface area contributed by atoms with Gasteiger partial charge in [-0.25, -0.2) is 24.4 Å². The first-order valence-electron chi connectivity index (χ1n) is 9.17. The zero-order chi connectivity index (χ0) is 19.0. The van der Waals surface area contributed by atoms with Crippen molar-refractivity contribution in [1.82, 2.24) is 19.5 Å². The summed E-state index contributed by atoms with van der Waals surface area (Å²) in [5, 5.41) is 24.4. The SMILES string of the molecule is COCc1nc(NC2CCCC2)c2ncn([C@@H]3O[C@H](C[O])[C@@H](O)[C@@H]3F)c2n1. The van der Waals surface area contributed by atoms with E-state index in [1.54, 1.807) is 7.11 Å². The molecule has 3 heterocycles. The number of aliphatic hydroxyl groups is 1. The first-order valence-corrected chi connectivity index (χ1v) is 9.17. The minimum Gasteiger partial charge on any atom is -0.387 e. The molecule has 1 radical (unpaired) electrons. The summed E-state index contributed by atoms with van der Waals surface area (Å²) >= 11 is 0. The lowest BCUT2D eigenvalue weighted by atomic mass is 10.1. The van der Waals surface area contributed by atoms with Crippen LogP contribution in [0.25, 0.3) is 11.2 Å². The Kier molecular flexibility index (Phi) is 5.22. The van der Waals surface area contributed by atoms with Crippen LogP contribution >= 0.6 is 0 Å². The molecule has 10 heteroatoms. The highest BCUT2D eigenvalue weighted by Crippen LogP contribution is 2.34. The summed E-state index contributed by atoms with van der Waals surface area (Å²) in [4.78, 5) is 13.3. The molecule has 2 aromatic heterocycles. The first-order chi connectivity index (χ1) is 13.1. The summed E-state index contributed by atoms with van der Waals surface area (Å²) in [6, 6.07) is 0.312. The number of anilines is 1. The lowest BCUT2D eigenvalue weighted by molar-refractivity contribution is -0.0593. The first kappa shape index (κ1) is 18.5. The normalized spacial score (nSPS) is 29.0. The predicted molar refractivity (Wildman–Crippen MR) is 92.3 cm³/mol. The molecule has 1 aliphatic carbocycles. The summed E-state index contributed by atoms with van der Waals surface area (Å²) in [6.07, 6.45) is 0.385. The van der Waals surface area contributed by atoms with E-state index in [-0.39, 0.29) is 6.61 Å². The minimum absolute atomic E-state index is 0.191. The number of rotatable bonds is 6. The van der Waals surface area contributed by atoms with Crippen molar-refractivity contribution in [3.8, 4) is 0 Å². The van der Waals surface area contributed by atoms with E-state index < -0.39 is 31.2 Å². The molecule has 4 rings (SSSR count). The van der Waals surface area contributed by atoms with Crippen molar-refractivity contribution in [2.45, 2.75) is 62.9 Å². The highest BCUT2D eigenvalue weighted by atomic mass is 19.1. The Balaban J connectivity index is 1.73. The van der Waals surface area contributed by atoms with Crippen LogP contribution in [0.4, 0.5) is 10.2 Å². The van der Waals surface area contributed by atoms with Gasteiger partial charge in [-0.2, -0.15) is 0 Å². The predicted octanol–water partition coefficient (Wildman–Crippen LogP) is 1.35. The van der Waals surface area contributed by atoms with Gasteiger partial charge in [-0.05, 0) is 12.8 Å². The maximum absolute atomic E-state index is 14.5. The average molecular weight is 380 g/mol. The van der Waals surface area contributed by atoms with Gasteiger partial charge in [-0.1, -0.05) is 12.8 Å². The Bertz CT molecular complexity index is 797. The minimum atomic E-state index is -1.74. The number of ether oxygens (including phenoxy) is 2. The third kappa shape index (κ3) is 3.38. The standard InChI is InChI=1S/C17H23FN5O4/c1-26-7-11-21-15(20-9-4-2-3-5-9)13-16(22-11)23(8-19-13)17-12(18)14(25)10(6-24)27-17/h8-10,12,14,17,25H,2-7H2,1H3,(H,20,21,22)/t10-,12+,14-,17-/m1/s1. The Morgan fingerprint density at radius 3 is 2.85 bits per heavy atom. The van der Waals surface area contributed by atoms with Gasteiger partial charge in [0, 0.05) is 13.2 Å². The number of fused-ring (bicyclic) bond motifs is 1. The molecule has 27 heavy (non-hydrogen) atoms. The number of alkyl halides is 1. The molecule has 0 unspecified atom stereocenters. The molecule has 147 valence electrons. The molecule has 2 fully saturated rings. The third-order valence-corrected chi connectivity index (χ3v) is 5.17. The summed E-state index contributed by atoms with van der Waals surface area (Å²) in [5.74, 6) is 1.01. The number of imidazole rings is 1. The number of nitrogens with one attached hydrogen (secondary N) is 1. The van der Waals surface area contributed by atoms with Gasteiger partial charge in [0.15, 0.2) is 35.2 Å². The molecule has 4 atom stereocenters. The van der Waals surface area contributed by atoms with Crippen molar-refractivity contribution >= 4 is 17.0 Å². The molecule has 0 amide bonds. The highest BCUT2D eigenvalue weighted by molar-refractivity contribution is 5.83. The fourth-order valence-electron chi connectivity index (χ4n) is 3.77. The van der Waals surface area contributed by atoms with Gasteiger partial charge in [0.2, 0.25) is 0 Å². The maximum Gasteiger partial charge on any atom is 0.173 e. The van der Waals surface area contributed by atoms with Crippen molar-refractivity contribution in [3.05, 3.63) is 12.2 Å². The van der Waals surface area contributed by atoms with E-state index >= 15 is 0 Å². The lowest BCUT2D eigenvalue weighted by Gasteiger charge is -2.17. The Hall–Kier alpha value is -1.88. The summed E-state index contributed by atoms with van der Waals surface area (Å²) < 4.78 is 26.5. The van der Waals surface area contributed by atoms with Gasteiger partial charge < -0.3 is 19.9 Å². The number of aromatic nitrogens is 4. The second-order valence-corrected chi connectivity index (χ2v) is 7.04. The number of methoxy groups -OCH3 is 1. The molecular formula is C17H23FN5O4. The zero-order valence-electron chi connectivity index (χ0n) is 15.0. The van der Waals surface area contributed by atoms with Gasteiger partial charge in [0.05, 0.1) is 6.33 Å². The Morgan fingerprint density at radius 2 is 2.19 bits per heavy atom. The maximum atomic E-state index is 14.5. The smallest absolute Gasteiger partial charge is 0.173 e. The second kappa shape index (κ2) is 7.63. The van der Waals surface area contributed by atoms with E-state index in [0.29, 0.717) is 28.8 Å². The fourth-order valence-corrected chi connectivity index (χ4v) is 3.77. The number of aliphatic hydroxyl groups excluding tert-OH is 1. The summed E-state index contributed by atoms with van der Waals surface area (Å²) in [7, 11) is 1.54. The second-order valence-electron chi connectivity index (χ2n) is 7.04. The van der Waals surface area contributed by atoms with Crippen molar-refractivity contribution in [2.24, 2.45) is 0 Å². The van der Waals surface area contributed by atoms with Crippen LogP contribution in [0.5, 0.6) is 0 Å². The van der Waals surface area contributed by atoms with Crippen LogP contribution in [0.1, 0.15) is 37.7 Å². The molecule has 0 bridgehead atoms.